The lowest BCUT2D eigenvalue weighted by molar-refractivity contribution is -0.161. The maximum Gasteiger partial charge on any atom is 0.472 e. The number of hydrogen-bond acceptors (Lipinski definition) is 9. The van der Waals surface area contributed by atoms with Crippen molar-refractivity contribution in [3.63, 3.8) is 0 Å². The van der Waals surface area contributed by atoms with Gasteiger partial charge in [-0.2, -0.15) is 0 Å². The Morgan fingerprint density at radius 3 is 1.36 bits per heavy atom. The van der Waals surface area contributed by atoms with E-state index in [2.05, 4.69) is 42.7 Å². The summed E-state index contributed by atoms with van der Waals surface area (Å²) in [5, 5.41) is 18.3. The van der Waals surface area contributed by atoms with Gasteiger partial charge >= 0.3 is 19.8 Å². The average molecular weight is 775 g/mol. The number of ether oxygens (including phenoxy) is 2. The van der Waals surface area contributed by atoms with Crippen LogP contribution in [0.3, 0.4) is 0 Å². The van der Waals surface area contributed by atoms with Crippen LogP contribution in [0.4, 0.5) is 0 Å². The minimum Gasteiger partial charge on any atom is -0.462 e. The van der Waals surface area contributed by atoms with Crippen LogP contribution in [0, 0.1) is 0 Å². The third-order valence-corrected chi connectivity index (χ3v) is 10.0. The quantitative estimate of drug-likeness (QED) is 0.0238. The molecule has 0 aromatic rings. The number of unbranched alkanes of at least 4 members (excludes halogenated alkanes) is 22. The monoisotopic (exact) mass is 775 g/mol. The molecule has 11 heteroatoms. The predicted molar refractivity (Wildman–Crippen MR) is 215 cm³/mol. The van der Waals surface area contributed by atoms with Crippen molar-refractivity contribution in [3.05, 3.63) is 24.3 Å². The van der Waals surface area contributed by atoms with Gasteiger partial charge in [0.15, 0.2) is 6.10 Å². The first kappa shape index (κ1) is 51.5. The van der Waals surface area contributed by atoms with Crippen molar-refractivity contribution in [1.82, 2.24) is 0 Å². The number of carbonyl (C=O) groups excluding carboxylic acids is 2. The van der Waals surface area contributed by atoms with Gasteiger partial charge in [0.25, 0.3) is 0 Å². The summed E-state index contributed by atoms with van der Waals surface area (Å²) in [5.74, 6) is -0.940. The highest BCUT2D eigenvalue weighted by atomic mass is 31.2. The second-order valence-corrected chi connectivity index (χ2v) is 15.8. The van der Waals surface area contributed by atoms with E-state index in [1.807, 2.05) is 0 Å². The number of allylic oxidation sites excluding steroid dienone is 4. The van der Waals surface area contributed by atoms with Gasteiger partial charge in [0.1, 0.15) is 12.7 Å². The van der Waals surface area contributed by atoms with Crippen molar-refractivity contribution < 1.29 is 47.8 Å². The Bertz CT molecular complexity index is 941. The predicted octanol–water partition coefficient (Wildman–Crippen LogP) is 11.0. The lowest BCUT2D eigenvalue weighted by atomic mass is 10.1. The highest BCUT2D eigenvalue weighted by molar-refractivity contribution is 7.47. The van der Waals surface area contributed by atoms with Gasteiger partial charge in [0.05, 0.1) is 19.8 Å². The van der Waals surface area contributed by atoms with E-state index >= 15 is 0 Å². The smallest absolute Gasteiger partial charge is 0.462 e. The van der Waals surface area contributed by atoms with Gasteiger partial charge in [0, 0.05) is 12.8 Å². The Morgan fingerprint density at radius 1 is 0.547 bits per heavy atom. The standard InChI is InChI=1S/C42H79O10P/c1-3-5-7-9-11-13-15-17-19-21-23-25-27-29-31-33-41(45)49-37-40(38-51-53(47,48)50-36-39(44)35-43)52-42(46)34-32-30-28-26-24-22-20-18-16-14-12-10-8-6-4-2/h17-20,39-40,43-44H,3-16,21-38H2,1-2H3,(H,47,48)/b19-17-,20-18+/t39-,40-/m1/s1. The maximum absolute atomic E-state index is 12.6. The van der Waals surface area contributed by atoms with Crippen LogP contribution >= 0.6 is 7.82 Å². The van der Waals surface area contributed by atoms with E-state index in [0.29, 0.717) is 12.8 Å². The molecule has 0 aliphatic rings. The van der Waals surface area contributed by atoms with Crippen molar-refractivity contribution >= 4 is 19.8 Å². The summed E-state index contributed by atoms with van der Waals surface area (Å²) in [4.78, 5) is 34.9. The van der Waals surface area contributed by atoms with Crippen LogP contribution in [0.15, 0.2) is 24.3 Å². The van der Waals surface area contributed by atoms with E-state index in [9.17, 15) is 24.2 Å². The fourth-order valence-electron chi connectivity index (χ4n) is 5.75. The molecular weight excluding hydrogens is 695 g/mol. The van der Waals surface area contributed by atoms with Crippen molar-refractivity contribution in [3.8, 4) is 0 Å². The van der Waals surface area contributed by atoms with Crippen LogP contribution in [0.1, 0.15) is 194 Å². The van der Waals surface area contributed by atoms with Crippen LogP contribution in [-0.2, 0) is 32.7 Å². The van der Waals surface area contributed by atoms with Crippen LogP contribution in [-0.4, -0.2) is 65.7 Å². The Labute approximate surface area is 323 Å². The lowest BCUT2D eigenvalue weighted by Crippen LogP contribution is -2.29. The first-order valence-corrected chi connectivity index (χ1v) is 22.8. The highest BCUT2D eigenvalue weighted by Crippen LogP contribution is 2.43. The molecule has 0 rings (SSSR count). The Morgan fingerprint density at radius 2 is 0.925 bits per heavy atom. The number of phosphoric ester groups is 1. The molecule has 0 saturated carbocycles. The molecule has 0 spiro atoms. The largest absolute Gasteiger partial charge is 0.472 e. The lowest BCUT2D eigenvalue weighted by Gasteiger charge is -2.20. The molecule has 0 heterocycles. The van der Waals surface area contributed by atoms with Gasteiger partial charge in [-0.25, -0.2) is 4.57 Å². The number of aliphatic hydroxyl groups excluding tert-OH is 2. The van der Waals surface area contributed by atoms with E-state index < -0.39 is 51.8 Å². The van der Waals surface area contributed by atoms with E-state index in [0.717, 1.165) is 70.6 Å². The summed E-state index contributed by atoms with van der Waals surface area (Å²) in [7, 11) is -4.62. The second-order valence-electron chi connectivity index (χ2n) is 14.4. The maximum atomic E-state index is 12.6. The second kappa shape index (κ2) is 38.7. The SMILES string of the molecule is CCCCCCCC/C=C\CCCCCCCC(=O)OC[C@H](COP(=O)(O)OC[C@H](O)CO)OC(=O)CCCCCCC/C=C/CCCCCCCC. The normalized spacial score (nSPS) is 14.1. The summed E-state index contributed by atoms with van der Waals surface area (Å²) < 4.78 is 32.7. The van der Waals surface area contributed by atoms with Gasteiger partial charge in [-0.05, 0) is 64.2 Å². The molecule has 312 valence electrons. The summed E-state index contributed by atoms with van der Waals surface area (Å²) >= 11 is 0. The fourth-order valence-corrected chi connectivity index (χ4v) is 6.54. The summed E-state index contributed by atoms with van der Waals surface area (Å²) in [5.41, 5.74) is 0. The van der Waals surface area contributed by atoms with Crippen LogP contribution in [0.5, 0.6) is 0 Å². The highest BCUT2D eigenvalue weighted by Gasteiger charge is 2.27. The zero-order chi connectivity index (χ0) is 39.1. The van der Waals surface area contributed by atoms with Crippen molar-refractivity contribution in [1.29, 1.82) is 0 Å². The summed E-state index contributed by atoms with van der Waals surface area (Å²) in [6.45, 7) is 2.36. The molecule has 0 radical (unpaired) electrons. The molecule has 1 unspecified atom stereocenters. The molecular formula is C42H79O10P. The average Bonchev–Trinajstić information content (AvgIpc) is 3.14. The van der Waals surface area contributed by atoms with Crippen molar-refractivity contribution in [2.45, 2.75) is 206 Å². The number of aliphatic hydroxyl groups is 2. The molecule has 0 saturated heterocycles. The Kier molecular flexibility index (Phi) is 37.6. The zero-order valence-corrected chi connectivity index (χ0v) is 34.6. The molecule has 0 amide bonds. The minimum absolute atomic E-state index is 0.174. The van der Waals surface area contributed by atoms with E-state index in [1.165, 1.54) is 83.5 Å². The molecule has 0 aliphatic heterocycles. The van der Waals surface area contributed by atoms with Gasteiger partial charge in [-0.15, -0.1) is 0 Å². The minimum atomic E-state index is -4.62. The number of phosphoric acid groups is 1. The van der Waals surface area contributed by atoms with Gasteiger partial charge in [-0.3, -0.25) is 18.6 Å². The van der Waals surface area contributed by atoms with Crippen molar-refractivity contribution in [2.75, 3.05) is 26.4 Å². The first-order valence-electron chi connectivity index (χ1n) is 21.3. The molecule has 53 heavy (non-hydrogen) atoms. The first-order chi connectivity index (χ1) is 25.7. The molecule has 3 N–H and O–H groups in total. The molecule has 10 nitrogen and oxygen atoms in total. The summed E-state index contributed by atoms with van der Waals surface area (Å²) in [6, 6.07) is 0. The van der Waals surface area contributed by atoms with E-state index in [-0.39, 0.29) is 19.4 Å². The number of carbonyl (C=O) groups is 2. The fraction of sp³-hybridized carbons (Fsp3) is 0.857. The number of rotatable bonds is 40. The Hall–Kier alpha value is -1.55. The molecule has 0 bridgehead atoms. The zero-order valence-electron chi connectivity index (χ0n) is 33.7. The Balaban J connectivity index is 4.33. The molecule has 0 aromatic heterocycles. The topological polar surface area (TPSA) is 149 Å². The third-order valence-electron chi connectivity index (χ3n) is 9.08. The number of esters is 2. The molecule has 0 fully saturated rings. The molecule has 3 atom stereocenters. The van der Waals surface area contributed by atoms with Gasteiger partial charge in [-0.1, -0.05) is 141 Å². The van der Waals surface area contributed by atoms with Gasteiger partial charge < -0.3 is 24.6 Å². The summed E-state index contributed by atoms with van der Waals surface area (Å²) in [6.07, 6.45) is 37.1. The van der Waals surface area contributed by atoms with Crippen LogP contribution in [0.2, 0.25) is 0 Å². The van der Waals surface area contributed by atoms with E-state index in [1.54, 1.807) is 0 Å². The van der Waals surface area contributed by atoms with Gasteiger partial charge in [0.2, 0.25) is 0 Å². The molecule has 0 aliphatic carbocycles. The number of hydrogen-bond donors (Lipinski definition) is 3. The van der Waals surface area contributed by atoms with E-state index in [4.69, 9.17) is 19.1 Å². The van der Waals surface area contributed by atoms with Crippen molar-refractivity contribution in [2.24, 2.45) is 0 Å². The van der Waals surface area contributed by atoms with Crippen LogP contribution < -0.4 is 0 Å². The third kappa shape index (κ3) is 38.5. The van der Waals surface area contributed by atoms with Crippen LogP contribution in [0.25, 0.3) is 0 Å². The molecule has 0 aromatic carbocycles.